The van der Waals surface area contributed by atoms with Crippen LogP contribution in [-0.4, -0.2) is 49.0 Å². The van der Waals surface area contributed by atoms with E-state index in [1.165, 1.54) is 0 Å². The van der Waals surface area contributed by atoms with Crippen LogP contribution in [0.4, 0.5) is 0 Å². The average molecular weight is 353 g/mol. The molecule has 1 saturated heterocycles. The Hall–Kier alpha value is -2.51. The van der Waals surface area contributed by atoms with Gasteiger partial charge in [-0.1, -0.05) is 35.5 Å². The lowest BCUT2D eigenvalue weighted by atomic mass is 9.89. The predicted octanol–water partition coefficient (Wildman–Crippen LogP) is 2.34. The lowest BCUT2D eigenvalue weighted by Gasteiger charge is -2.38. The van der Waals surface area contributed by atoms with Crippen molar-refractivity contribution in [1.82, 2.24) is 25.2 Å². The van der Waals surface area contributed by atoms with Gasteiger partial charge in [0.25, 0.3) is 0 Å². The third-order valence-electron chi connectivity index (χ3n) is 4.86. The molecule has 3 heterocycles. The number of rotatable bonds is 5. The van der Waals surface area contributed by atoms with E-state index < -0.39 is 5.60 Å². The van der Waals surface area contributed by atoms with Crippen molar-refractivity contribution < 1.29 is 9.63 Å². The summed E-state index contributed by atoms with van der Waals surface area (Å²) in [5.41, 5.74) is 2.45. The van der Waals surface area contributed by atoms with Gasteiger partial charge in [-0.05, 0) is 31.9 Å². The molecular weight excluding hydrogens is 330 g/mol. The molecule has 1 aromatic carbocycles. The predicted molar refractivity (Wildman–Crippen MR) is 96.2 cm³/mol. The number of H-pyrrole nitrogens is 1. The number of piperidine rings is 1. The van der Waals surface area contributed by atoms with Crippen LogP contribution in [0.2, 0.25) is 0 Å². The first-order chi connectivity index (χ1) is 12.6. The zero-order valence-corrected chi connectivity index (χ0v) is 14.9. The molecule has 7 nitrogen and oxygen atoms in total. The van der Waals surface area contributed by atoms with Crippen molar-refractivity contribution in [1.29, 1.82) is 0 Å². The molecule has 3 aromatic rings. The Morgan fingerprint density at radius 3 is 2.92 bits per heavy atom. The molecule has 1 atom stereocenters. The van der Waals surface area contributed by atoms with E-state index in [1.807, 2.05) is 24.4 Å². The Labute approximate surface area is 152 Å². The maximum Gasteiger partial charge on any atom is 0.229 e. The van der Waals surface area contributed by atoms with Gasteiger partial charge in [-0.25, -0.2) is 0 Å². The van der Waals surface area contributed by atoms with Crippen LogP contribution in [0.1, 0.15) is 30.1 Å². The van der Waals surface area contributed by atoms with E-state index >= 15 is 0 Å². The Balaban J connectivity index is 1.47. The number of hydrogen-bond acceptors (Lipinski definition) is 6. The molecule has 7 heteroatoms. The van der Waals surface area contributed by atoms with E-state index in [0.29, 0.717) is 24.7 Å². The second-order valence-electron chi connectivity index (χ2n) is 7.09. The monoisotopic (exact) mass is 353 g/mol. The molecule has 0 aliphatic carbocycles. The lowest BCUT2D eigenvalue weighted by molar-refractivity contribution is -0.0373. The number of benzene rings is 1. The minimum absolute atomic E-state index is 0.390. The van der Waals surface area contributed by atoms with Crippen molar-refractivity contribution in [3.05, 3.63) is 53.8 Å². The number of aromatic nitrogens is 4. The highest BCUT2D eigenvalue weighted by Crippen LogP contribution is 2.28. The number of nitrogens with zero attached hydrogens (tertiary/aromatic N) is 4. The molecule has 136 valence electrons. The number of β-amino-alcohol motifs (C(OH)–C–C–N with tert-alkyl or cyclic N) is 1. The SMILES string of the molecule is Cc1noc(CC2(O)CCCN(Cc3cn[nH]c3-c3ccccc3)C2)n1. The van der Waals surface area contributed by atoms with Crippen LogP contribution in [-0.2, 0) is 13.0 Å². The van der Waals surface area contributed by atoms with Gasteiger partial charge >= 0.3 is 0 Å². The van der Waals surface area contributed by atoms with E-state index in [2.05, 4.69) is 37.4 Å². The summed E-state index contributed by atoms with van der Waals surface area (Å²) in [6.45, 7) is 4.05. The van der Waals surface area contributed by atoms with E-state index in [-0.39, 0.29) is 0 Å². The first-order valence-electron chi connectivity index (χ1n) is 8.93. The fourth-order valence-corrected chi connectivity index (χ4v) is 3.71. The van der Waals surface area contributed by atoms with Crippen molar-refractivity contribution in [2.24, 2.45) is 0 Å². The largest absolute Gasteiger partial charge is 0.388 e. The highest BCUT2D eigenvalue weighted by atomic mass is 16.5. The summed E-state index contributed by atoms with van der Waals surface area (Å²) in [6, 6.07) is 10.2. The van der Waals surface area contributed by atoms with Crippen molar-refractivity contribution in [2.45, 2.75) is 38.3 Å². The molecule has 0 radical (unpaired) electrons. The summed E-state index contributed by atoms with van der Waals surface area (Å²) in [4.78, 5) is 6.50. The molecule has 1 fully saturated rings. The molecule has 26 heavy (non-hydrogen) atoms. The molecule has 0 bridgehead atoms. The second-order valence-corrected chi connectivity index (χ2v) is 7.09. The van der Waals surface area contributed by atoms with E-state index in [0.717, 1.165) is 42.8 Å². The fourth-order valence-electron chi connectivity index (χ4n) is 3.71. The molecule has 4 rings (SSSR count). The number of likely N-dealkylation sites (tertiary alicyclic amines) is 1. The summed E-state index contributed by atoms with van der Waals surface area (Å²) in [5, 5.41) is 22.2. The molecule has 2 N–H and O–H groups in total. The molecule has 2 aromatic heterocycles. The Morgan fingerprint density at radius 1 is 1.31 bits per heavy atom. The Morgan fingerprint density at radius 2 is 2.15 bits per heavy atom. The van der Waals surface area contributed by atoms with E-state index in [1.54, 1.807) is 6.92 Å². The number of aliphatic hydroxyl groups is 1. The van der Waals surface area contributed by atoms with E-state index in [9.17, 15) is 5.11 Å². The zero-order valence-electron chi connectivity index (χ0n) is 14.9. The second kappa shape index (κ2) is 7.01. The highest BCUT2D eigenvalue weighted by molar-refractivity contribution is 5.62. The van der Waals surface area contributed by atoms with Gasteiger partial charge in [-0.15, -0.1) is 0 Å². The van der Waals surface area contributed by atoms with Crippen LogP contribution in [0.15, 0.2) is 41.1 Å². The van der Waals surface area contributed by atoms with Crippen molar-refractivity contribution in [2.75, 3.05) is 13.1 Å². The van der Waals surface area contributed by atoms with Crippen LogP contribution in [0.25, 0.3) is 11.3 Å². The van der Waals surface area contributed by atoms with Gasteiger partial charge < -0.3 is 9.63 Å². The number of aromatic amines is 1. The van der Waals surface area contributed by atoms with Crippen LogP contribution in [0.3, 0.4) is 0 Å². The molecule has 1 aliphatic heterocycles. The first-order valence-corrected chi connectivity index (χ1v) is 8.93. The summed E-state index contributed by atoms with van der Waals surface area (Å²) in [6.07, 6.45) is 3.93. The lowest BCUT2D eigenvalue weighted by Crippen LogP contribution is -2.49. The molecule has 0 saturated carbocycles. The maximum atomic E-state index is 11.0. The van der Waals surface area contributed by atoms with Gasteiger partial charge in [0.05, 0.1) is 23.9 Å². The fraction of sp³-hybridized carbons (Fsp3) is 0.421. The average Bonchev–Trinajstić information content (AvgIpc) is 3.24. The topological polar surface area (TPSA) is 91.1 Å². The van der Waals surface area contributed by atoms with Gasteiger partial charge in [-0.3, -0.25) is 10.00 Å². The van der Waals surface area contributed by atoms with Crippen molar-refractivity contribution in [3.8, 4) is 11.3 Å². The van der Waals surface area contributed by atoms with Gasteiger partial charge in [0, 0.05) is 18.7 Å². The van der Waals surface area contributed by atoms with Crippen LogP contribution in [0.5, 0.6) is 0 Å². The standard InChI is InChI=1S/C19H23N5O2/c1-14-21-17(26-23-14)10-19(25)8-5-9-24(13-19)12-16-11-20-22-18(16)15-6-3-2-4-7-15/h2-4,6-7,11,25H,5,8-10,12-13H2,1H3,(H,20,22). The first kappa shape index (κ1) is 16.9. The smallest absolute Gasteiger partial charge is 0.229 e. The third-order valence-corrected chi connectivity index (χ3v) is 4.86. The Bertz CT molecular complexity index is 860. The number of hydrogen-bond donors (Lipinski definition) is 2. The minimum atomic E-state index is -0.839. The minimum Gasteiger partial charge on any atom is -0.388 e. The van der Waals surface area contributed by atoms with Crippen molar-refractivity contribution in [3.63, 3.8) is 0 Å². The quantitative estimate of drug-likeness (QED) is 0.732. The summed E-state index contributed by atoms with van der Waals surface area (Å²) < 4.78 is 5.20. The zero-order chi connectivity index (χ0) is 18.0. The third kappa shape index (κ3) is 3.68. The molecular formula is C19H23N5O2. The summed E-state index contributed by atoms with van der Waals surface area (Å²) >= 11 is 0. The van der Waals surface area contributed by atoms with E-state index in [4.69, 9.17) is 4.52 Å². The Kier molecular flexibility index (Phi) is 4.57. The summed E-state index contributed by atoms with van der Waals surface area (Å²) in [7, 11) is 0. The van der Waals surface area contributed by atoms with Crippen LogP contribution in [0, 0.1) is 6.92 Å². The summed E-state index contributed by atoms with van der Waals surface area (Å²) in [5.74, 6) is 1.10. The molecule has 1 unspecified atom stereocenters. The van der Waals surface area contributed by atoms with Crippen LogP contribution >= 0.6 is 0 Å². The molecule has 0 spiro atoms. The van der Waals surface area contributed by atoms with Gasteiger partial charge in [0.1, 0.15) is 0 Å². The highest BCUT2D eigenvalue weighted by Gasteiger charge is 2.35. The number of nitrogens with one attached hydrogen (secondary N) is 1. The number of aryl methyl sites for hydroxylation is 1. The van der Waals surface area contributed by atoms with Gasteiger partial charge in [0.2, 0.25) is 5.89 Å². The molecule has 0 amide bonds. The normalized spacial score (nSPS) is 21.2. The maximum absolute atomic E-state index is 11.0. The van der Waals surface area contributed by atoms with Crippen LogP contribution < -0.4 is 0 Å². The van der Waals surface area contributed by atoms with Gasteiger partial charge in [-0.2, -0.15) is 10.1 Å². The van der Waals surface area contributed by atoms with Crippen molar-refractivity contribution >= 4 is 0 Å². The van der Waals surface area contributed by atoms with Gasteiger partial charge in [0.15, 0.2) is 5.82 Å². The molecule has 1 aliphatic rings.